The van der Waals surface area contributed by atoms with Gasteiger partial charge in [-0.25, -0.2) is 0 Å². The van der Waals surface area contributed by atoms with Crippen LogP contribution in [0.1, 0.15) is 33.1 Å². The molecule has 1 heterocycles. The topological polar surface area (TPSA) is 6.48 Å². The highest BCUT2D eigenvalue weighted by molar-refractivity contribution is 7.99. The van der Waals surface area contributed by atoms with Gasteiger partial charge in [0.2, 0.25) is 0 Å². The average molecular weight is 244 g/mol. The largest absolute Gasteiger partial charge is 0.303 e. The standard InChI is InChI=1S/C13H28N2S/c1-3-14(4-2)10-12-16-13-11-15-8-6-5-7-9-15/h3-13H2,1-2H3. The van der Waals surface area contributed by atoms with Crippen molar-refractivity contribution in [2.45, 2.75) is 33.1 Å². The van der Waals surface area contributed by atoms with Gasteiger partial charge in [-0.15, -0.1) is 0 Å². The van der Waals surface area contributed by atoms with E-state index in [4.69, 9.17) is 0 Å². The van der Waals surface area contributed by atoms with E-state index in [-0.39, 0.29) is 0 Å². The van der Waals surface area contributed by atoms with Crippen molar-refractivity contribution >= 4 is 11.8 Å². The van der Waals surface area contributed by atoms with Crippen LogP contribution in [0.2, 0.25) is 0 Å². The van der Waals surface area contributed by atoms with E-state index in [1.807, 2.05) is 0 Å². The molecule has 16 heavy (non-hydrogen) atoms. The summed E-state index contributed by atoms with van der Waals surface area (Å²) in [4.78, 5) is 5.14. The van der Waals surface area contributed by atoms with Crippen LogP contribution >= 0.6 is 11.8 Å². The molecule has 1 rings (SSSR count). The fraction of sp³-hybridized carbons (Fsp3) is 1.00. The summed E-state index contributed by atoms with van der Waals surface area (Å²) in [5.74, 6) is 2.62. The molecule has 0 saturated carbocycles. The Kier molecular flexibility index (Phi) is 8.34. The summed E-state index contributed by atoms with van der Waals surface area (Å²) in [5, 5.41) is 0. The summed E-state index contributed by atoms with van der Waals surface area (Å²) >= 11 is 2.12. The molecule has 0 aromatic heterocycles. The molecule has 0 atom stereocenters. The number of likely N-dealkylation sites (tertiary alicyclic amines) is 1. The Labute approximate surface area is 106 Å². The van der Waals surface area contributed by atoms with Gasteiger partial charge in [0.15, 0.2) is 0 Å². The summed E-state index contributed by atoms with van der Waals surface area (Å²) in [5.41, 5.74) is 0. The van der Waals surface area contributed by atoms with E-state index in [9.17, 15) is 0 Å². The summed E-state index contributed by atoms with van der Waals surface area (Å²) in [6.45, 7) is 12.2. The minimum atomic E-state index is 1.20. The normalized spacial score (nSPS) is 18.2. The van der Waals surface area contributed by atoms with Gasteiger partial charge in [-0.1, -0.05) is 20.3 Å². The predicted molar refractivity (Wildman–Crippen MR) is 75.4 cm³/mol. The third-order valence-electron chi connectivity index (χ3n) is 3.45. The molecule has 3 heteroatoms. The number of hydrogen-bond donors (Lipinski definition) is 0. The van der Waals surface area contributed by atoms with Crippen LogP contribution in [0.15, 0.2) is 0 Å². The zero-order chi connectivity index (χ0) is 11.6. The number of rotatable bonds is 8. The Balaban J connectivity index is 1.90. The Morgan fingerprint density at radius 3 is 2.31 bits per heavy atom. The van der Waals surface area contributed by atoms with Crippen molar-refractivity contribution in [2.75, 3.05) is 50.8 Å². The van der Waals surface area contributed by atoms with Gasteiger partial charge in [-0.3, -0.25) is 0 Å². The van der Waals surface area contributed by atoms with Gasteiger partial charge in [-0.2, -0.15) is 11.8 Å². The molecule has 1 aliphatic heterocycles. The fourth-order valence-electron chi connectivity index (χ4n) is 2.21. The molecule has 0 spiro atoms. The van der Waals surface area contributed by atoms with Crippen LogP contribution in [-0.2, 0) is 0 Å². The average Bonchev–Trinajstić information content (AvgIpc) is 2.35. The maximum Gasteiger partial charge on any atom is 0.00723 e. The molecule has 0 aromatic rings. The second-order valence-electron chi connectivity index (χ2n) is 4.54. The molecular weight excluding hydrogens is 216 g/mol. The first-order valence-electron chi connectivity index (χ1n) is 6.89. The molecule has 0 amide bonds. The zero-order valence-corrected chi connectivity index (χ0v) is 11.9. The molecule has 0 aliphatic carbocycles. The maximum atomic E-state index is 2.63. The Morgan fingerprint density at radius 1 is 1.00 bits per heavy atom. The third kappa shape index (κ3) is 6.12. The highest BCUT2D eigenvalue weighted by atomic mass is 32.2. The van der Waals surface area contributed by atoms with Gasteiger partial charge in [0.1, 0.15) is 0 Å². The van der Waals surface area contributed by atoms with E-state index in [0.717, 1.165) is 0 Å². The highest BCUT2D eigenvalue weighted by Crippen LogP contribution is 2.10. The second-order valence-corrected chi connectivity index (χ2v) is 5.77. The lowest BCUT2D eigenvalue weighted by Gasteiger charge is -2.26. The van der Waals surface area contributed by atoms with E-state index in [0.29, 0.717) is 0 Å². The first-order valence-corrected chi connectivity index (χ1v) is 8.04. The second kappa shape index (κ2) is 9.32. The molecular formula is C13H28N2S. The number of thioether (sulfide) groups is 1. The van der Waals surface area contributed by atoms with E-state index in [2.05, 4.69) is 35.4 Å². The quantitative estimate of drug-likeness (QED) is 0.606. The highest BCUT2D eigenvalue weighted by Gasteiger charge is 2.08. The van der Waals surface area contributed by atoms with Crippen LogP contribution in [0.5, 0.6) is 0 Å². The van der Waals surface area contributed by atoms with Crippen LogP contribution in [0.3, 0.4) is 0 Å². The van der Waals surface area contributed by atoms with Crippen molar-refractivity contribution in [3.05, 3.63) is 0 Å². The molecule has 1 aliphatic rings. The molecule has 0 N–H and O–H groups in total. The van der Waals surface area contributed by atoms with E-state index >= 15 is 0 Å². The third-order valence-corrected chi connectivity index (χ3v) is 4.39. The van der Waals surface area contributed by atoms with Gasteiger partial charge in [0.05, 0.1) is 0 Å². The van der Waals surface area contributed by atoms with Gasteiger partial charge < -0.3 is 9.80 Å². The lowest BCUT2D eigenvalue weighted by Crippen LogP contribution is -2.32. The van der Waals surface area contributed by atoms with Crippen molar-refractivity contribution in [3.63, 3.8) is 0 Å². The molecule has 0 unspecified atom stereocenters. The fourth-order valence-corrected chi connectivity index (χ4v) is 3.19. The summed E-state index contributed by atoms with van der Waals surface area (Å²) in [6.07, 6.45) is 4.29. The first kappa shape index (κ1) is 14.3. The minimum absolute atomic E-state index is 1.20. The Hall–Kier alpha value is 0.270. The maximum absolute atomic E-state index is 2.63. The SMILES string of the molecule is CCN(CC)CCSCCN1CCCCC1. The van der Waals surface area contributed by atoms with Crippen LogP contribution < -0.4 is 0 Å². The number of hydrogen-bond acceptors (Lipinski definition) is 3. The first-order chi connectivity index (χ1) is 7.86. The van der Waals surface area contributed by atoms with Crippen LogP contribution in [0.4, 0.5) is 0 Å². The molecule has 1 saturated heterocycles. The van der Waals surface area contributed by atoms with Crippen LogP contribution in [-0.4, -0.2) is 60.6 Å². The van der Waals surface area contributed by atoms with E-state index in [1.165, 1.54) is 70.0 Å². The van der Waals surface area contributed by atoms with Gasteiger partial charge in [-0.05, 0) is 39.0 Å². The van der Waals surface area contributed by atoms with Crippen LogP contribution in [0, 0.1) is 0 Å². The van der Waals surface area contributed by atoms with Crippen LogP contribution in [0.25, 0.3) is 0 Å². The van der Waals surface area contributed by atoms with E-state index in [1.54, 1.807) is 0 Å². The minimum Gasteiger partial charge on any atom is -0.303 e. The van der Waals surface area contributed by atoms with Crippen molar-refractivity contribution in [2.24, 2.45) is 0 Å². The van der Waals surface area contributed by atoms with Gasteiger partial charge in [0.25, 0.3) is 0 Å². The monoisotopic (exact) mass is 244 g/mol. The lowest BCUT2D eigenvalue weighted by molar-refractivity contribution is 0.242. The molecule has 2 nitrogen and oxygen atoms in total. The van der Waals surface area contributed by atoms with Crippen molar-refractivity contribution in [1.29, 1.82) is 0 Å². The smallest absolute Gasteiger partial charge is 0.00723 e. The molecule has 1 fully saturated rings. The number of nitrogens with zero attached hydrogens (tertiary/aromatic N) is 2. The van der Waals surface area contributed by atoms with Gasteiger partial charge >= 0.3 is 0 Å². The summed E-state index contributed by atoms with van der Waals surface area (Å²) in [6, 6.07) is 0. The summed E-state index contributed by atoms with van der Waals surface area (Å²) in [7, 11) is 0. The molecule has 0 radical (unpaired) electrons. The van der Waals surface area contributed by atoms with Crippen molar-refractivity contribution in [3.8, 4) is 0 Å². The van der Waals surface area contributed by atoms with Crippen molar-refractivity contribution < 1.29 is 0 Å². The molecule has 96 valence electrons. The molecule has 0 aromatic carbocycles. The van der Waals surface area contributed by atoms with Crippen molar-refractivity contribution in [1.82, 2.24) is 9.80 Å². The van der Waals surface area contributed by atoms with Gasteiger partial charge in [0, 0.05) is 24.6 Å². The Bertz CT molecular complexity index is 154. The molecule has 0 bridgehead atoms. The number of piperidine rings is 1. The lowest BCUT2D eigenvalue weighted by atomic mass is 10.1. The Morgan fingerprint density at radius 2 is 1.69 bits per heavy atom. The van der Waals surface area contributed by atoms with E-state index < -0.39 is 0 Å². The summed E-state index contributed by atoms with van der Waals surface area (Å²) < 4.78 is 0. The predicted octanol–water partition coefficient (Wildman–Crippen LogP) is 2.55. The zero-order valence-electron chi connectivity index (χ0n) is 11.1.